The van der Waals surface area contributed by atoms with E-state index in [-0.39, 0.29) is 0 Å². The fraction of sp³-hybridized carbons (Fsp3) is 1.00. The topological polar surface area (TPSA) is 15.3 Å². The predicted octanol–water partition coefficient (Wildman–Crippen LogP) is 2.50. The predicted molar refractivity (Wildman–Crippen MR) is 67.2 cm³/mol. The summed E-state index contributed by atoms with van der Waals surface area (Å²) in [6.45, 7) is 11.9. The van der Waals surface area contributed by atoms with Crippen molar-refractivity contribution >= 4 is 0 Å². The molecule has 2 unspecified atom stereocenters. The number of rotatable bonds is 6. The molecule has 1 aliphatic rings. The largest absolute Gasteiger partial charge is 0.314 e. The van der Waals surface area contributed by atoms with Gasteiger partial charge in [0.2, 0.25) is 0 Å². The fourth-order valence-corrected chi connectivity index (χ4v) is 2.40. The van der Waals surface area contributed by atoms with Gasteiger partial charge in [0.05, 0.1) is 0 Å². The number of hydrogen-bond donors (Lipinski definition) is 1. The van der Waals surface area contributed by atoms with Crippen LogP contribution >= 0.6 is 0 Å². The molecule has 90 valence electrons. The van der Waals surface area contributed by atoms with Crippen molar-refractivity contribution in [2.24, 2.45) is 5.92 Å². The van der Waals surface area contributed by atoms with Gasteiger partial charge in [-0.15, -0.1) is 0 Å². The van der Waals surface area contributed by atoms with E-state index in [1.165, 1.54) is 51.9 Å². The summed E-state index contributed by atoms with van der Waals surface area (Å²) < 4.78 is 0. The summed E-state index contributed by atoms with van der Waals surface area (Å²) >= 11 is 0. The van der Waals surface area contributed by atoms with E-state index in [9.17, 15) is 0 Å². The van der Waals surface area contributed by atoms with Gasteiger partial charge in [-0.1, -0.05) is 33.1 Å². The van der Waals surface area contributed by atoms with E-state index >= 15 is 0 Å². The van der Waals surface area contributed by atoms with E-state index in [4.69, 9.17) is 0 Å². The van der Waals surface area contributed by atoms with Crippen LogP contribution < -0.4 is 5.32 Å². The lowest BCUT2D eigenvalue weighted by atomic mass is 9.98. The first-order chi connectivity index (χ1) is 7.27. The van der Waals surface area contributed by atoms with Crippen molar-refractivity contribution < 1.29 is 0 Å². The van der Waals surface area contributed by atoms with Crippen molar-refractivity contribution in [3.63, 3.8) is 0 Å². The highest BCUT2D eigenvalue weighted by molar-refractivity contribution is 4.77. The van der Waals surface area contributed by atoms with Crippen LogP contribution in [0.5, 0.6) is 0 Å². The molecule has 2 atom stereocenters. The van der Waals surface area contributed by atoms with Crippen LogP contribution in [0.25, 0.3) is 0 Å². The first kappa shape index (κ1) is 13.0. The van der Waals surface area contributed by atoms with Gasteiger partial charge in [0.15, 0.2) is 0 Å². The maximum absolute atomic E-state index is 3.46. The van der Waals surface area contributed by atoms with Gasteiger partial charge in [-0.25, -0.2) is 0 Å². The molecule has 1 fully saturated rings. The summed E-state index contributed by atoms with van der Waals surface area (Å²) in [6.07, 6.45) is 5.51. The molecule has 1 heterocycles. The lowest BCUT2D eigenvalue weighted by Crippen LogP contribution is -2.51. The SMILES string of the molecule is CCCCC(CC)CN1CCNCC1C. The van der Waals surface area contributed by atoms with Gasteiger partial charge in [0, 0.05) is 32.2 Å². The molecule has 0 radical (unpaired) electrons. The maximum atomic E-state index is 3.46. The highest BCUT2D eigenvalue weighted by atomic mass is 15.2. The third kappa shape index (κ3) is 4.52. The third-order valence-corrected chi connectivity index (χ3v) is 3.67. The van der Waals surface area contributed by atoms with Crippen LogP contribution in [0.4, 0.5) is 0 Å². The van der Waals surface area contributed by atoms with Crippen molar-refractivity contribution in [3.8, 4) is 0 Å². The van der Waals surface area contributed by atoms with Crippen LogP contribution in [-0.4, -0.2) is 37.1 Å². The second-order valence-electron chi connectivity index (χ2n) is 4.96. The third-order valence-electron chi connectivity index (χ3n) is 3.67. The quantitative estimate of drug-likeness (QED) is 0.728. The van der Waals surface area contributed by atoms with Gasteiger partial charge in [0.25, 0.3) is 0 Å². The van der Waals surface area contributed by atoms with Crippen molar-refractivity contribution in [2.75, 3.05) is 26.2 Å². The molecule has 0 amide bonds. The van der Waals surface area contributed by atoms with Crippen molar-refractivity contribution in [1.29, 1.82) is 0 Å². The molecule has 0 spiro atoms. The Morgan fingerprint density at radius 1 is 1.40 bits per heavy atom. The molecule has 0 aromatic heterocycles. The Hall–Kier alpha value is -0.0800. The number of nitrogens with zero attached hydrogens (tertiary/aromatic N) is 1. The fourth-order valence-electron chi connectivity index (χ4n) is 2.40. The van der Waals surface area contributed by atoms with Crippen LogP contribution in [0.1, 0.15) is 46.5 Å². The highest BCUT2D eigenvalue weighted by Crippen LogP contribution is 2.16. The van der Waals surface area contributed by atoms with Gasteiger partial charge in [-0.2, -0.15) is 0 Å². The van der Waals surface area contributed by atoms with E-state index in [0.29, 0.717) is 0 Å². The average Bonchev–Trinajstić information content (AvgIpc) is 2.26. The van der Waals surface area contributed by atoms with Gasteiger partial charge in [-0.3, -0.25) is 4.90 Å². The molecule has 0 aliphatic carbocycles. The lowest BCUT2D eigenvalue weighted by molar-refractivity contribution is 0.142. The Kier molecular flexibility index (Phi) is 6.26. The molecule has 1 aliphatic heterocycles. The Morgan fingerprint density at radius 2 is 2.20 bits per heavy atom. The number of nitrogens with one attached hydrogen (secondary N) is 1. The van der Waals surface area contributed by atoms with E-state index in [1.54, 1.807) is 0 Å². The molecule has 0 aromatic carbocycles. The van der Waals surface area contributed by atoms with Crippen LogP contribution in [-0.2, 0) is 0 Å². The van der Waals surface area contributed by atoms with Gasteiger partial charge in [-0.05, 0) is 19.3 Å². The minimum Gasteiger partial charge on any atom is -0.314 e. The summed E-state index contributed by atoms with van der Waals surface area (Å²) in [5.74, 6) is 0.922. The monoisotopic (exact) mass is 212 g/mol. The molecular weight excluding hydrogens is 184 g/mol. The molecule has 0 saturated carbocycles. The first-order valence-electron chi connectivity index (χ1n) is 6.72. The van der Waals surface area contributed by atoms with Gasteiger partial charge < -0.3 is 5.32 Å². The van der Waals surface area contributed by atoms with Crippen LogP contribution in [0.3, 0.4) is 0 Å². The summed E-state index contributed by atoms with van der Waals surface area (Å²) in [6, 6.07) is 0.731. The minimum absolute atomic E-state index is 0.731. The summed E-state index contributed by atoms with van der Waals surface area (Å²) in [5, 5.41) is 3.46. The normalized spacial score (nSPS) is 25.4. The Bertz CT molecular complexity index is 159. The molecule has 1 saturated heterocycles. The zero-order valence-corrected chi connectivity index (χ0v) is 10.8. The Balaban J connectivity index is 2.29. The average molecular weight is 212 g/mol. The minimum atomic E-state index is 0.731. The molecule has 2 heteroatoms. The second-order valence-corrected chi connectivity index (χ2v) is 4.96. The zero-order valence-electron chi connectivity index (χ0n) is 10.8. The molecule has 15 heavy (non-hydrogen) atoms. The van der Waals surface area contributed by atoms with Gasteiger partial charge >= 0.3 is 0 Å². The number of unbranched alkanes of at least 4 members (excludes halogenated alkanes) is 1. The molecular formula is C13H28N2. The molecule has 1 rings (SSSR count). The highest BCUT2D eigenvalue weighted by Gasteiger charge is 2.20. The van der Waals surface area contributed by atoms with Crippen LogP contribution in [0, 0.1) is 5.92 Å². The van der Waals surface area contributed by atoms with E-state index < -0.39 is 0 Å². The molecule has 2 nitrogen and oxygen atoms in total. The van der Waals surface area contributed by atoms with Crippen LogP contribution in [0.2, 0.25) is 0 Å². The van der Waals surface area contributed by atoms with Crippen LogP contribution in [0.15, 0.2) is 0 Å². The number of hydrogen-bond acceptors (Lipinski definition) is 2. The lowest BCUT2D eigenvalue weighted by Gasteiger charge is -2.36. The first-order valence-corrected chi connectivity index (χ1v) is 6.72. The van der Waals surface area contributed by atoms with E-state index in [1.807, 2.05) is 0 Å². The van der Waals surface area contributed by atoms with E-state index in [2.05, 4.69) is 31.0 Å². The smallest absolute Gasteiger partial charge is 0.0193 e. The Labute approximate surface area is 95.4 Å². The second kappa shape index (κ2) is 7.24. The number of piperazine rings is 1. The molecule has 0 bridgehead atoms. The van der Waals surface area contributed by atoms with Crippen molar-refractivity contribution in [2.45, 2.75) is 52.5 Å². The van der Waals surface area contributed by atoms with Gasteiger partial charge in [0.1, 0.15) is 0 Å². The summed E-state index contributed by atoms with van der Waals surface area (Å²) in [5.41, 5.74) is 0. The Morgan fingerprint density at radius 3 is 2.80 bits per heavy atom. The zero-order chi connectivity index (χ0) is 11.1. The van der Waals surface area contributed by atoms with Crippen molar-refractivity contribution in [1.82, 2.24) is 10.2 Å². The molecule has 1 N–H and O–H groups in total. The standard InChI is InChI=1S/C13H28N2/c1-4-6-7-13(5-2)11-15-9-8-14-10-12(15)3/h12-14H,4-11H2,1-3H3. The molecule has 0 aromatic rings. The van der Waals surface area contributed by atoms with Crippen molar-refractivity contribution in [3.05, 3.63) is 0 Å². The summed E-state index contributed by atoms with van der Waals surface area (Å²) in [7, 11) is 0. The maximum Gasteiger partial charge on any atom is 0.0193 e. The summed E-state index contributed by atoms with van der Waals surface area (Å²) in [4.78, 5) is 2.67. The van der Waals surface area contributed by atoms with E-state index in [0.717, 1.165) is 12.0 Å².